The van der Waals surface area contributed by atoms with E-state index < -0.39 is 17.5 Å². The smallest absolute Gasteiger partial charge is 0.169 e. The average molecular weight is 260 g/mol. The van der Waals surface area contributed by atoms with E-state index in [1.165, 1.54) is 0 Å². The molecular weight excluding hydrogens is 251 g/mol. The first-order valence-corrected chi connectivity index (χ1v) is 5.47. The summed E-state index contributed by atoms with van der Waals surface area (Å²) in [6.45, 7) is 3.47. The Hall–Kier alpha value is -1.29. The van der Waals surface area contributed by atoms with Crippen LogP contribution in [0.25, 0.3) is 10.9 Å². The Labute approximate surface area is 101 Å². The fourth-order valence-corrected chi connectivity index (χ4v) is 2.29. The van der Waals surface area contributed by atoms with Gasteiger partial charge < -0.3 is 0 Å². The third-order valence-electron chi connectivity index (χ3n) is 2.70. The van der Waals surface area contributed by atoms with E-state index in [9.17, 15) is 13.2 Å². The summed E-state index contributed by atoms with van der Waals surface area (Å²) in [5.41, 5.74) is 0.890. The highest BCUT2D eigenvalue weighted by molar-refractivity contribution is 6.36. The Morgan fingerprint density at radius 1 is 1.24 bits per heavy atom. The number of aromatic nitrogens is 1. The summed E-state index contributed by atoms with van der Waals surface area (Å²) in [5.74, 6) is -3.33. The number of aryl methyl sites for hydroxylation is 1. The fourth-order valence-electron chi connectivity index (χ4n) is 1.85. The van der Waals surface area contributed by atoms with Crippen LogP contribution >= 0.6 is 11.6 Å². The number of hydrogen-bond donors (Lipinski definition) is 0. The topological polar surface area (TPSA) is 12.9 Å². The Bertz CT molecular complexity index is 611. The lowest BCUT2D eigenvalue weighted by Gasteiger charge is -2.10. The normalized spacial score (nSPS) is 11.2. The quantitative estimate of drug-likeness (QED) is 0.700. The van der Waals surface area contributed by atoms with Gasteiger partial charge in [0.05, 0.1) is 10.4 Å². The Morgan fingerprint density at radius 2 is 1.88 bits per heavy atom. The summed E-state index contributed by atoms with van der Waals surface area (Å²) >= 11 is 5.98. The predicted octanol–water partition coefficient (Wildman–Crippen LogP) is 4.18. The zero-order valence-corrected chi connectivity index (χ0v) is 10.00. The van der Waals surface area contributed by atoms with Gasteiger partial charge in [-0.2, -0.15) is 0 Å². The number of halogens is 4. The maximum Gasteiger partial charge on any atom is 0.169 e. The van der Waals surface area contributed by atoms with Crippen LogP contribution in [0.3, 0.4) is 0 Å². The molecule has 0 unspecified atom stereocenters. The molecule has 0 fully saturated rings. The molecule has 2 aromatic rings. The monoisotopic (exact) mass is 259 g/mol. The zero-order chi connectivity index (χ0) is 12.7. The number of pyridine rings is 1. The minimum Gasteiger partial charge on any atom is -0.250 e. The molecule has 0 radical (unpaired) electrons. The molecule has 0 saturated carbocycles. The van der Waals surface area contributed by atoms with E-state index in [0.717, 1.165) is 0 Å². The molecule has 1 aromatic carbocycles. The highest BCUT2D eigenvalue weighted by Crippen LogP contribution is 2.32. The highest BCUT2D eigenvalue weighted by Gasteiger charge is 2.19. The second-order valence-corrected chi connectivity index (χ2v) is 4.10. The molecule has 2 rings (SSSR count). The number of fused-ring (bicyclic) bond motifs is 1. The molecule has 0 amide bonds. The van der Waals surface area contributed by atoms with Gasteiger partial charge in [-0.1, -0.05) is 18.5 Å². The van der Waals surface area contributed by atoms with Crippen molar-refractivity contribution < 1.29 is 13.2 Å². The molecule has 0 aliphatic heterocycles. The zero-order valence-electron chi connectivity index (χ0n) is 9.24. The van der Waals surface area contributed by atoms with Crippen molar-refractivity contribution in [2.45, 2.75) is 20.3 Å². The molecule has 5 heteroatoms. The Balaban J connectivity index is 3.02. The molecule has 0 spiro atoms. The van der Waals surface area contributed by atoms with E-state index in [2.05, 4.69) is 4.98 Å². The standard InChI is InChI=1S/C12H9ClF3N/c1-3-6-5(2)17-12-8(15)4-7(14)11(16)9(12)10(6)13/h4H,3H2,1-2H3. The van der Waals surface area contributed by atoms with Crippen molar-refractivity contribution in [3.63, 3.8) is 0 Å². The third kappa shape index (κ3) is 1.76. The lowest BCUT2D eigenvalue weighted by Crippen LogP contribution is -2.00. The predicted molar refractivity (Wildman–Crippen MR) is 60.7 cm³/mol. The van der Waals surface area contributed by atoms with Crippen molar-refractivity contribution >= 4 is 22.5 Å². The van der Waals surface area contributed by atoms with Crippen LogP contribution in [-0.2, 0) is 6.42 Å². The number of nitrogens with zero attached hydrogens (tertiary/aromatic N) is 1. The van der Waals surface area contributed by atoms with Crippen LogP contribution in [-0.4, -0.2) is 4.98 Å². The molecule has 90 valence electrons. The second-order valence-electron chi connectivity index (χ2n) is 3.72. The minimum absolute atomic E-state index is 0.0332. The van der Waals surface area contributed by atoms with Gasteiger partial charge in [-0.3, -0.25) is 0 Å². The third-order valence-corrected chi connectivity index (χ3v) is 3.12. The van der Waals surface area contributed by atoms with Gasteiger partial charge in [0, 0.05) is 11.8 Å². The van der Waals surface area contributed by atoms with Gasteiger partial charge in [-0.25, -0.2) is 18.2 Å². The van der Waals surface area contributed by atoms with Gasteiger partial charge in [0.2, 0.25) is 0 Å². The van der Waals surface area contributed by atoms with E-state index in [1.54, 1.807) is 6.92 Å². The summed E-state index contributed by atoms with van der Waals surface area (Å²) in [7, 11) is 0. The van der Waals surface area contributed by atoms with Gasteiger partial charge in [-0.15, -0.1) is 0 Å². The molecule has 17 heavy (non-hydrogen) atoms. The van der Waals surface area contributed by atoms with Crippen LogP contribution < -0.4 is 0 Å². The summed E-state index contributed by atoms with van der Waals surface area (Å²) < 4.78 is 40.2. The van der Waals surface area contributed by atoms with Crippen molar-refractivity contribution in [3.05, 3.63) is 39.8 Å². The van der Waals surface area contributed by atoms with Gasteiger partial charge in [0.25, 0.3) is 0 Å². The summed E-state index contributed by atoms with van der Waals surface area (Å²) in [4.78, 5) is 3.94. The van der Waals surface area contributed by atoms with Gasteiger partial charge >= 0.3 is 0 Å². The Morgan fingerprint density at radius 3 is 2.47 bits per heavy atom. The van der Waals surface area contributed by atoms with E-state index in [4.69, 9.17) is 11.6 Å². The first-order chi connectivity index (χ1) is 7.97. The lowest BCUT2D eigenvalue weighted by atomic mass is 10.1. The maximum atomic E-state index is 13.6. The van der Waals surface area contributed by atoms with E-state index in [-0.39, 0.29) is 15.9 Å². The van der Waals surface area contributed by atoms with Gasteiger partial charge in [0.1, 0.15) is 5.52 Å². The minimum atomic E-state index is -1.26. The summed E-state index contributed by atoms with van der Waals surface area (Å²) in [6, 6.07) is 0.478. The molecule has 1 aromatic heterocycles. The molecule has 0 saturated heterocycles. The number of rotatable bonds is 1. The average Bonchev–Trinajstić information content (AvgIpc) is 2.26. The molecule has 1 nitrogen and oxygen atoms in total. The maximum absolute atomic E-state index is 13.6. The molecule has 0 N–H and O–H groups in total. The first-order valence-electron chi connectivity index (χ1n) is 5.09. The second kappa shape index (κ2) is 4.18. The molecule has 1 heterocycles. The van der Waals surface area contributed by atoms with Crippen molar-refractivity contribution in [1.29, 1.82) is 0 Å². The summed E-state index contributed by atoms with van der Waals surface area (Å²) in [6.07, 6.45) is 0.519. The molecule has 0 atom stereocenters. The lowest BCUT2D eigenvalue weighted by molar-refractivity contribution is 0.505. The molecular formula is C12H9ClF3N. The van der Waals surface area contributed by atoms with Crippen molar-refractivity contribution in [2.75, 3.05) is 0 Å². The van der Waals surface area contributed by atoms with Crippen LogP contribution in [0.2, 0.25) is 5.02 Å². The fraction of sp³-hybridized carbons (Fsp3) is 0.250. The Kier molecular flexibility index (Phi) is 3.00. The molecule has 0 aliphatic carbocycles. The van der Waals surface area contributed by atoms with Crippen LogP contribution in [0.1, 0.15) is 18.2 Å². The van der Waals surface area contributed by atoms with Crippen LogP contribution in [0.4, 0.5) is 13.2 Å². The van der Waals surface area contributed by atoms with Crippen molar-refractivity contribution in [1.82, 2.24) is 4.98 Å². The van der Waals surface area contributed by atoms with Crippen molar-refractivity contribution in [3.8, 4) is 0 Å². The molecule has 0 bridgehead atoms. The first kappa shape index (κ1) is 12.2. The number of hydrogen-bond acceptors (Lipinski definition) is 1. The van der Waals surface area contributed by atoms with Crippen LogP contribution in [0, 0.1) is 24.4 Å². The van der Waals surface area contributed by atoms with Crippen molar-refractivity contribution in [2.24, 2.45) is 0 Å². The van der Waals surface area contributed by atoms with Crippen LogP contribution in [0.15, 0.2) is 6.07 Å². The number of benzene rings is 1. The largest absolute Gasteiger partial charge is 0.250 e. The van der Waals surface area contributed by atoms with E-state index in [0.29, 0.717) is 23.7 Å². The van der Waals surface area contributed by atoms with Gasteiger partial charge in [-0.05, 0) is 18.9 Å². The summed E-state index contributed by atoms with van der Waals surface area (Å²) in [5, 5.41) is -0.252. The van der Waals surface area contributed by atoms with Crippen LogP contribution in [0.5, 0.6) is 0 Å². The van der Waals surface area contributed by atoms with E-state index in [1.807, 2.05) is 6.92 Å². The SMILES string of the molecule is CCc1c(C)nc2c(F)cc(F)c(F)c2c1Cl. The van der Waals surface area contributed by atoms with E-state index >= 15 is 0 Å². The highest BCUT2D eigenvalue weighted by atomic mass is 35.5. The molecule has 0 aliphatic rings. The van der Waals surface area contributed by atoms with Gasteiger partial charge in [0.15, 0.2) is 17.5 Å².